The molecule has 1 aromatic rings. The van der Waals surface area contributed by atoms with Gasteiger partial charge >= 0.3 is 6.18 Å². The number of aliphatic hydroxyl groups is 3. The zero-order chi connectivity index (χ0) is 27.3. The van der Waals surface area contributed by atoms with Gasteiger partial charge in [-0.3, -0.25) is 0 Å². The molecule has 2 aliphatic heterocycles. The van der Waals surface area contributed by atoms with Crippen molar-refractivity contribution in [2.24, 2.45) is 17.8 Å². The van der Waals surface area contributed by atoms with Gasteiger partial charge in [-0.2, -0.15) is 18.1 Å². The second kappa shape index (κ2) is 8.91. The van der Waals surface area contributed by atoms with E-state index in [4.69, 9.17) is 35.6 Å². The van der Waals surface area contributed by atoms with Crippen molar-refractivity contribution in [3.8, 4) is 5.75 Å². The highest BCUT2D eigenvalue weighted by atomic mass is 35.5. The Labute approximate surface area is 222 Å². The molecule has 0 radical (unpaired) electrons. The molecule has 7 rings (SSSR count). The lowest BCUT2D eigenvalue weighted by Gasteiger charge is -2.70. The number of alkyl halides is 4. The molecule has 12 heteroatoms. The van der Waals surface area contributed by atoms with Gasteiger partial charge in [-0.15, -0.1) is 11.6 Å². The monoisotopic (exact) mass is 564 g/mol. The molecular formula is C26H32ClF3O8. The fourth-order valence-corrected chi connectivity index (χ4v) is 8.19. The lowest BCUT2D eigenvalue weighted by Crippen LogP contribution is -2.78. The van der Waals surface area contributed by atoms with E-state index in [9.17, 15) is 28.5 Å². The second-order valence-electron chi connectivity index (χ2n) is 11.8. The van der Waals surface area contributed by atoms with E-state index in [1.807, 2.05) is 0 Å². The van der Waals surface area contributed by atoms with Gasteiger partial charge < -0.3 is 29.5 Å². The zero-order valence-electron chi connectivity index (χ0n) is 21.0. The topological polar surface area (TPSA) is 107 Å². The number of hydrogen-bond acceptors (Lipinski definition) is 8. The highest BCUT2D eigenvalue weighted by molar-refractivity contribution is 6.24. The first kappa shape index (κ1) is 27.0. The molecular weight excluding hydrogens is 533 g/mol. The highest BCUT2D eigenvalue weighted by Gasteiger charge is 2.78. The summed E-state index contributed by atoms with van der Waals surface area (Å²) in [5.74, 6) is -1.58. The fraction of sp³-hybridized carbons (Fsp3) is 0.769. The van der Waals surface area contributed by atoms with Crippen molar-refractivity contribution >= 4 is 11.6 Å². The van der Waals surface area contributed by atoms with Gasteiger partial charge in [0.25, 0.3) is 5.79 Å². The minimum absolute atomic E-state index is 0.153. The fourth-order valence-electron chi connectivity index (χ4n) is 7.60. The first-order valence-corrected chi connectivity index (χ1v) is 13.4. The van der Waals surface area contributed by atoms with Gasteiger partial charge in [0.05, 0.1) is 6.10 Å². The molecule has 6 aliphatic rings. The van der Waals surface area contributed by atoms with Crippen LogP contribution >= 0.6 is 11.6 Å². The Balaban J connectivity index is 1.37. The molecule has 8 unspecified atom stereocenters. The number of ether oxygens (including phenoxy) is 3. The standard InChI is InChI=1S/C26H32ClF3O8/c1-12-3-4-15(7-18(12)36-22-21(33)20(32)19(31)13(2)35-22)26(34-11-24(28,29)30)25(37-38-26)16-5-14-6-17(25)10-23(27,8-14)9-16/h3-4,7,13-14,16-17,19-22,31-33H,5-6,8-11H2,1-2H3. The lowest BCUT2D eigenvalue weighted by molar-refractivity contribution is -0.650. The van der Waals surface area contributed by atoms with E-state index in [2.05, 4.69) is 0 Å². The Bertz CT molecular complexity index is 1070. The molecule has 4 bridgehead atoms. The Morgan fingerprint density at radius 2 is 1.71 bits per heavy atom. The van der Waals surface area contributed by atoms with Crippen molar-refractivity contribution < 1.29 is 52.5 Å². The predicted octanol–water partition coefficient (Wildman–Crippen LogP) is 3.45. The van der Waals surface area contributed by atoms with E-state index in [1.54, 1.807) is 19.1 Å². The molecule has 212 valence electrons. The van der Waals surface area contributed by atoms with Crippen molar-refractivity contribution in [1.29, 1.82) is 0 Å². The molecule has 2 saturated heterocycles. The summed E-state index contributed by atoms with van der Waals surface area (Å²) in [6, 6.07) is 4.79. The number of hydrogen-bond donors (Lipinski definition) is 3. The van der Waals surface area contributed by atoms with Crippen LogP contribution in [0.15, 0.2) is 18.2 Å². The average Bonchev–Trinajstić information content (AvgIpc) is 2.80. The predicted molar refractivity (Wildman–Crippen MR) is 125 cm³/mol. The first-order chi connectivity index (χ1) is 17.8. The minimum Gasteiger partial charge on any atom is -0.462 e. The quantitative estimate of drug-likeness (QED) is 0.369. The molecule has 2 heterocycles. The summed E-state index contributed by atoms with van der Waals surface area (Å²) in [5.41, 5.74) is -0.262. The molecule has 3 N–H and O–H groups in total. The van der Waals surface area contributed by atoms with Gasteiger partial charge in [-0.1, -0.05) is 12.1 Å². The molecule has 1 aromatic carbocycles. The lowest BCUT2D eigenvalue weighted by atomic mass is 9.46. The van der Waals surface area contributed by atoms with E-state index in [-0.39, 0.29) is 23.1 Å². The molecule has 38 heavy (non-hydrogen) atoms. The zero-order valence-corrected chi connectivity index (χ0v) is 21.7. The largest absolute Gasteiger partial charge is 0.462 e. The van der Waals surface area contributed by atoms with Gasteiger partial charge in [0.1, 0.15) is 30.7 Å². The Kier molecular flexibility index (Phi) is 6.33. The van der Waals surface area contributed by atoms with Gasteiger partial charge in [-0.25, -0.2) is 4.89 Å². The third kappa shape index (κ3) is 4.00. The number of benzene rings is 1. The second-order valence-corrected chi connectivity index (χ2v) is 12.6. The SMILES string of the molecule is Cc1ccc(C2(OCC(F)(F)F)OOC23C2CC4CC3CC(Cl)(C4)C2)cc1OC1OC(C)C(O)C(O)C1O. The molecule has 4 saturated carbocycles. The molecule has 6 fully saturated rings. The van der Waals surface area contributed by atoms with Crippen molar-refractivity contribution in [3.63, 3.8) is 0 Å². The van der Waals surface area contributed by atoms with Crippen molar-refractivity contribution in [1.82, 2.24) is 0 Å². The molecule has 8 atom stereocenters. The normalized spacial score (nSPS) is 47.8. The number of halogens is 4. The van der Waals surface area contributed by atoms with E-state index < -0.39 is 59.8 Å². The third-order valence-electron chi connectivity index (χ3n) is 9.20. The van der Waals surface area contributed by atoms with E-state index in [0.717, 1.165) is 19.3 Å². The van der Waals surface area contributed by atoms with Crippen LogP contribution in [-0.2, 0) is 25.0 Å². The van der Waals surface area contributed by atoms with Gasteiger partial charge in [0.15, 0.2) is 5.60 Å². The van der Waals surface area contributed by atoms with Crippen LogP contribution in [0.5, 0.6) is 5.75 Å². The van der Waals surface area contributed by atoms with Crippen LogP contribution in [0.3, 0.4) is 0 Å². The highest BCUT2D eigenvalue weighted by Crippen LogP contribution is 2.71. The summed E-state index contributed by atoms with van der Waals surface area (Å²) < 4.78 is 57.6. The Hall–Kier alpha value is -1.18. The van der Waals surface area contributed by atoms with Gasteiger partial charge in [-0.05, 0) is 75.3 Å². The number of aryl methyl sites for hydroxylation is 1. The molecule has 0 amide bonds. The maximum Gasteiger partial charge on any atom is 0.411 e. The van der Waals surface area contributed by atoms with E-state index in [1.165, 1.54) is 13.0 Å². The maximum absolute atomic E-state index is 13.5. The third-order valence-corrected chi connectivity index (χ3v) is 9.66. The number of rotatable bonds is 5. The number of aliphatic hydroxyl groups excluding tert-OH is 3. The van der Waals surface area contributed by atoms with Crippen molar-refractivity contribution in [2.45, 2.75) is 99.1 Å². The van der Waals surface area contributed by atoms with Crippen LogP contribution in [0.2, 0.25) is 0 Å². The van der Waals surface area contributed by atoms with Crippen LogP contribution < -0.4 is 4.74 Å². The van der Waals surface area contributed by atoms with Crippen LogP contribution in [-0.4, -0.2) is 69.3 Å². The van der Waals surface area contributed by atoms with Crippen LogP contribution in [0.25, 0.3) is 0 Å². The molecule has 0 aromatic heterocycles. The summed E-state index contributed by atoms with van der Waals surface area (Å²) in [6.45, 7) is 1.71. The summed E-state index contributed by atoms with van der Waals surface area (Å²) >= 11 is 6.92. The summed E-state index contributed by atoms with van der Waals surface area (Å²) in [5, 5.41) is 30.6. The van der Waals surface area contributed by atoms with Crippen LogP contribution in [0.4, 0.5) is 13.2 Å². The van der Waals surface area contributed by atoms with E-state index >= 15 is 0 Å². The van der Waals surface area contributed by atoms with Crippen LogP contribution in [0.1, 0.15) is 50.2 Å². The molecule has 4 aliphatic carbocycles. The summed E-state index contributed by atoms with van der Waals surface area (Å²) in [4.78, 5) is 11.0. The average molecular weight is 565 g/mol. The molecule has 1 spiro atoms. The van der Waals surface area contributed by atoms with Crippen molar-refractivity contribution in [3.05, 3.63) is 29.3 Å². The smallest absolute Gasteiger partial charge is 0.411 e. The van der Waals surface area contributed by atoms with E-state index in [0.29, 0.717) is 24.3 Å². The minimum atomic E-state index is -4.61. The summed E-state index contributed by atoms with van der Waals surface area (Å²) in [6.07, 6.45) is -7.52. The van der Waals surface area contributed by atoms with Gasteiger partial charge in [0, 0.05) is 10.4 Å². The Morgan fingerprint density at radius 3 is 2.29 bits per heavy atom. The van der Waals surface area contributed by atoms with Crippen LogP contribution in [0, 0.1) is 24.7 Å². The maximum atomic E-state index is 13.5. The van der Waals surface area contributed by atoms with Crippen molar-refractivity contribution in [2.75, 3.05) is 6.61 Å². The first-order valence-electron chi connectivity index (χ1n) is 13.0. The summed E-state index contributed by atoms with van der Waals surface area (Å²) in [7, 11) is 0. The Morgan fingerprint density at radius 1 is 1.03 bits per heavy atom. The molecule has 8 nitrogen and oxygen atoms in total. The van der Waals surface area contributed by atoms with Gasteiger partial charge in [0.2, 0.25) is 6.29 Å².